The van der Waals surface area contributed by atoms with E-state index in [-0.39, 0.29) is 19.4 Å². The van der Waals surface area contributed by atoms with Crippen LogP contribution in [0.2, 0.25) is 0 Å². The fourth-order valence-corrected chi connectivity index (χ4v) is 2.69. The molecule has 2 amide bonds. The van der Waals surface area contributed by atoms with E-state index >= 15 is 0 Å². The van der Waals surface area contributed by atoms with Gasteiger partial charge in [-0.1, -0.05) is 60.7 Å². The summed E-state index contributed by atoms with van der Waals surface area (Å²) in [5, 5.41) is 5.10. The number of hydrogen-bond acceptors (Lipinski definition) is 5. The van der Waals surface area contributed by atoms with Gasteiger partial charge in [0.2, 0.25) is 5.91 Å². The number of carbonyl (C=O) groups excluding carboxylic acids is 3. The number of ether oxygens (including phenoxy) is 2. The predicted molar refractivity (Wildman–Crippen MR) is 111 cm³/mol. The first kappa shape index (κ1) is 22.5. The monoisotopic (exact) mass is 408 g/mol. The van der Waals surface area contributed by atoms with Crippen LogP contribution in [0.3, 0.4) is 0 Å². The van der Waals surface area contributed by atoms with E-state index in [4.69, 9.17) is 11.2 Å². The average Bonchev–Trinajstić information content (AvgIpc) is 2.77. The van der Waals surface area contributed by atoms with Crippen molar-refractivity contribution in [2.75, 3.05) is 7.11 Å². The van der Waals surface area contributed by atoms with Crippen LogP contribution < -0.4 is 10.6 Å². The van der Waals surface area contributed by atoms with Gasteiger partial charge < -0.3 is 20.1 Å². The van der Waals surface area contributed by atoms with Crippen molar-refractivity contribution in [2.24, 2.45) is 0 Å². The van der Waals surface area contributed by atoms with Gasteiger partial charge in [0.05, 0.1) is 7.11 Å². The highest BCUT2D eigenvalue weighted by Gasteiger charge is 2.27. The van der Waals surface area contributed by atoms with Crippen molar-refractivity contribution in [3.8, 4) is 12.3 Å². The van der Waals surface area contributed by atoms with Gasteiger partial charge >= 0.3 is 12.1 Å². The molecule has 7 nitrogen and oxygen atoms in total. The lowest BCUT2D eigenvalue weighted by Crippen LogP contribution is -2.52. The maximum Gasteiger partial charge on any atom is 0.408 e. The summed E-state index contributed by atoms with van der Waals surface area (Å²) in [6.45, 7) is 0.0637. The summed E-state index contributed by atoms with van der Waals surface area (Å²) in [5.41, 5.74) is 1.64. The van der Waals surface area contributed by atoms with Gasteiger partial charge in [-0.3, -0.25) is 4.79 Å². The normalized spacial score (nSPS) is 12.0. The third-order valence-corrected chi connectivity index (χ3v) is 4.23. The van der Waals surface area contributed by atoms with Gasteiger partial charge in [0.15, 0.2) is 0 Å². The Labute approximate surface area is 175 Å². The van der Waals surface area contributed by atoms with Crippen LogP contribution in [0.4, 0.5) is 4.79 Å². The molecule has 156 valence electrons. The third-order valence-electron chi connectivity index (χ3n) is 4.23. The van der Waals surface area contributed by atoms with Crippen LogP contribution in [-0.2, 0) is 32.1 Å². The molecule has 0 saturated heterocycles. The minimum absolute atomic E-state index is 0.0328. The second-order valence-electron chi connectivity index (χ2n) is 6.44. The molecule has 0 aliphatic carbocycles. The van der Waals surface area contributed by atoms with E-state index in [0.29, 0.717) is 0 Å². The lowest BCUT2D eigenvalue weighted by atomic mass is 10.0. The highest BCUT2D eigenvalue weighted by atomic mass is 16.5. The topological polar surface area (TPSA) is 93.7 Å². The summed E-state index contributed by atoms with van der Waals surface area (Å²) in [6.07, 6.45) is 4.70. The van der Waals surface area contributed by atoms with Crippen molar-refractivity contribution in [2.45, 2.75) is 31.5 Å². The Morgan fingerprint density at radius 1 is 0.933 bits per heavy atom. The number of amides is 2. The Hall–Kier alpha value is -3.79. The van der Waals surface area contributed by atoms with Gasteiger partial charge in [-0.2, -0.15) is 0 Å². The molecule has 7 heteroatoms. The molecule has 0 heterocycles. The molecule has 0 fully saturated rings. The number of rotatable bonds is 9. The fraction of sp³-hybridized carbons (Fsp3) is 0.261. The summed E-state index contributed by atoms with van der Waals surface area (Å²) in [5.74, 6) is 1.10. The molecule has 30 heavy (non-hydrogen) atoms. The molecular formula is C23H24N2O5. The number of nitrogens with one attached hydrogen (secondary N) is 2. The van der Waals surface area contributed by atoms with Crippen LogP contribution in [0.15, 0.2) is 60.7 Å². The number of terminal acetylenes is 1. The van der Waals surface area contributed by atoms with Crippen molar-refractivity contribution in [1.29, 1.82) is 0 Å². The van der Waals surface area contributed by atoms with E-state index in [1.807, 2.05) is 60.7 Å². The molecule has 2 aromatic rings. The second kappa shape index (κ2) is 11.9. The Kier molecular flexibility index (Phi) is 8.94. The zero-order valence-electron chi connectivity index (χ0n) is 16.7. The summed E-state index contributed by atoms with van der Waals surface area (Å²) in [7, 11) is 1.21. The fourth-order valence-electron chi connectivity index (χ4n) is 2.69. The molecule has 0 radical (unpaired) electrons. The van der Waals surface area contributed by atoms with E-state index in [0.717, 1.165) is 11.1 Å². The Bertz CT molecular complexity index is 877. The first-order valence-corrected chi connectivity index (χ1v) is 9.36. The SMILES string of the molecule is C#CC[C@@H](NC(=O)[C@@H](Cc1ccccc1)NC(=O)OCc1ccccc1)C(=O)OC. The van der Waals surface area contributed by atoms with E-state index in [1.165, 1.54) is 7.11 Å². The first-order valence-electron chi connectivity index (χ1n) is 9.36. The van der Waals surface area contributed by atoms with Gasteiger partial charge in [0.25, 0.3) is 0 Å². The molecule has 0 saturated carbocycles. The van der Waals surface area contributed by atoms with E-state index < -0.39 is 30.1 Å². The molecule has 0 bridgehead atoms. The molecule has 2 aromatic carbocycles. The molecule has 0 spiro atoms. The summed E-state index contributed by atoms with van der Waals surface area (Å²) in [4.78, 5) is 36.9. The van der Waals surface area contributed by atoms with Crippen LogP contribution >= 0.6 is 0 Å². The second-order valence-corrected chi connectivity index (χ2v) is 6.44. The number of esters is 1. The minimum Gasteiger partial charge on any atom is -0.467 e. The van der Waals surface area contributed by atoms with Crippen LogP contribution in [0.5, 0.6) is 0 Å². The zero-order valence-corrected chi connectivity index (χ0v) is 16.7. The highest BCUT2D eigenvalue weighted by molar-refractivity contribution is 5.90. The Morgan fingerprint density at radius 2 is 1.53 bits per heavy atom. The van der Waals surface area contributed by atoms with Gasteiger partial charge in [-0.05, 0) is 11.1 Å². The van der Waals surface area contributed by atoms with Gasteiger partial charge in [0.1, 0.15) is 18.7 Å². The number of benzene rings is 2. The van der Waals surface area contributed by atoms with Crippen molar-refractivity contribution in [3.05, 3.63) is 71.8 Å². The lowest BCUT2D eigenvalue weighted by Gasteiger charge is -2.21. The maximum absolute atomic E-state index is 12.8. The maximum atomic E-state index is 12.8. The van der Waals surface area contributed by atoms with Crippen LogP contribution in [-0.4, -0.2) is 37.2 Å². The smallest absolute Gasteiger partial charge is 0.408 e. The predicted octanol–water partition coefficient (Wildman–Crippen LogP) is 2.21. The summed E-state index contributed by atoms with van der Waals surface area (Å²) in [6, 6.07) is 16.4. The van der Waals surface area contributed by atoms with E-state index in [9.17, 15) is 14.4 Å². The number of carbonyl (C=O) groups is 3. The van der Waals surface area contributed by atoms with E-state index in [1.54, 1.807) is 0 Å². The Balaban J connectivity index is 2.07. The number of hydrogen-bond donors (Lipinski definition) is 2. The van der Waals surface area contributed by atoms with Crippen LogP contribution in [0.1, 0.15) is 17.5 Å². The molecule has 0 aromatic heterocycles. The summed E-state index contributed by atoms with van der Waals surface area (Å²) < 4.78 is 9.88. The van der Waals surface area contributed by atoms with Gasteiger partial charge in [-0.15, -0.1) is 12.3 Å². The molecule has 2 atom stereocenters. The molecular weight excluding hydrogens is 384 g/mol. The first-order chi connectivity index (χ1) is 14.5. The quantitative estimate of drug-likeness (QED) is 0.490. The average molecular weight is 408 g/mol. The van der Waals surface area contributed by atoms with E-state index in [2.05, 4.69) is 21.3 Å². The molecule has 0 aliphatic heterocycles. The summed E-state index contributed by atoms with van der Waals surface area (Å²) >= 11 is 0. The number of methoxy groups -OCH3 is 1. The van der Waals surface area contributed by atoms with Crippen molar-refractivity contribution < 1.29 is 23.9 Å². The van der Waals surface area contributed by atoms with Crippen molar-refractivity contribution in [3.63, 3.8) is 0 Å². The van der Waals surface area contributed by atoms with Gasteiger partial charge in [-0.25, -0.2) is 9.59 Å². The highest BCUT2D eigenvalue weighted by Crippen LogP contribution is 2.06. The van der Waals surface area contributed by atoms with Crippen LogP contribution in [0, 0.1) is 12.3 Å². The largest absolute Gasteiger partial charge is 0.467 e. The molecule has 2 N–H and O–H groups in total. The zero-order chi connectivity index (χ0) is 21.8. The standard InChI is InChI=1S/C23H24N2O5/c1-3-10-19(22(27)29-2)24-21(26)20(15-17-11-6-4-7-12-17)25-23(28)30-16-18-13-8-5-9-14-18/h1,4-9,11-14,19-20H,10,15-16H2,2H3,(H,24,26)(H,25,28)/t19-,20-/m1/s1. The molecule has 0 unspecified atom stereocenters. The molecule has 2 rings (SSSR count). The van der Waals surface area contributed by atoms with Crippen molar-refractivity contribution >= 4 is 18.0 Å². The third kappa shape index (κ3) is 7.32. The van der Waals surface area contributed by atoms with Crippen LogP contribution in [0.25, 0.3) is 0 Å². The minimum atomic E-state index is -1.01. The number of alkyl carbamates (subject to hydrolysis) is 1. The lowest BCUT2D eigenvalue weighted by molar-refractivity contribution is -0.145. The molecule has 0 aliphatic rings. The Morgan fingerprint density at radius 3 is 2.10 bits per heavy atom. The van der Waals surface area contributed by atoms with Gasteiger partial charge in [0, 0.05) is 12.8 Å². The van der Waals surface area contributed by atoms with Crippen molar-refractivity contribution in [1.82, 2.24) is 10.6 Å².